The van der Waals surface area contributed by atoms with Gasteiger partial charge in [-0.3, -0.25) is 0 Å². The van der Waals surface area contributed by atoms with Crippen LogP contribution in [-0.2, 0) is 30.4 Å². The summed E-state index contributed by atoms with van der Waals surface area (Å²) in [7, 11) is 1.30. The van der Waals surface area contributed by atoms with Crippen molar-refractivity contribution in [2.75, 3.05) is 13.9 Å². The molecule has 1 rings (SSSR count). The number of carbonyl (C=O) groups is 2. The first-order valence-electron chi connectivity index (χ1n) is 8.57. The molecule has 152 valence electrons. The summed E-state index contributed by atoms with van der Waals surface area (Å²) in [6.07, 6.45) is -1.16. The van der Waals surface area contributed by atoms with Crippen molar-refractivity contribution in [2.24, 2.45) is 5.92 Å². The second kappa shape index (κ2) is 9.66. The zero-order chi connectivity index (χ0) is 20.7. The minimum absolute atomic E-state index is 0.148. The molecular weight excluding hydrogens is 357 g/mol. The number of halogens is 1. The predicted octanol–water partition coefficient (Wildman–Crippen LogP) is 3.82. The summed E-state index contributed by atoms with van der Waals surface area (Å²) in [4.78, 5) is 30.1. The van der Waals surface area contributed by atoms with Crippen LogP contribution in [0.2, 0.25) is 0 Å². The molecule has 0 aliphatic heterocycles. The summed E-state index contributed by atoms with van der Waals surface area (Å²) >= 11 is 0. The minimum Gasteiger partial charge on any atom is -0.457 e. The number of rotatable bonds is 8. The fraction of sp³-hybridized carbons (Fsp3) is 0.579. The molecule has 0 aliphatic carbocycles. The third-order valence-electron chi connectivity index (χ3n) is 3.42. The lowest BCUT2D eigenvalue weighted by Gasteiger charge is -2.37. The molecule has 0 aliphatic rings. The largest absolute Gasteiger partial charge is 0.457 e. The number of hydroxylamine groups is 2. The number of alkyl halides is 1. The standard InChI is InChI=1S/C19H28FNO6/c1-14(2)19(20,16(22)25-12-15-10-8-7-9-11-15)21(26-13-24-6)17(23)27-18(3,4)5/h7-11,14H,12-13H2,1-6H3/t19-/m1/s1. The highest BCUT2D eigenvalue weighted by Crippen LogP contribution is 2.31. The van der Waals surface area contributed by atoms with Crippen LogP contribution in [0.5, 0.6) is 0 Å². The van der Waals surface area contributed by atoms with E-state index in [1.807, 2.05) is 6.07 Å². The van der Waals surface area contributed by atoms with E-state index in [1.165, 1.54) is 21.0 Å². The number of methoxy groups -OCH3 is 1. The molecule has 8 heteroatoms. The van der Waals surface area contributed by atoms with Crippen LogP contribution in [0.3, 0.4) is 0 Å². The zero-order valence-electron chi connectivity index (χ0n) is 16.7. The first kappa shape index (κ1) is 22.9. The van der Waals surface area contributed by atoms with Gasteiger partial charge in [0.15, 0.2) is 6.79 Å². The maximum atomic E-state index is 15.8. The van der Waals surface area contributed by atoms with E-state index in [2.05, 4.69) is 0 Å². The summed E-state index contributed by atoms with van der Waals surface area (Å²) < 4.78 is 30.8. The third kappa shape index (κ3) is 6.48. The van der Waals surface area contributed by atoms with Gasteiger partial charge in [0.25, 0.3) is 0 Å². The normalized spacial score (nSPS) is 13.8. The second-order valence-electron chi connectivity index (χ2n) is 7.20. The number of nitrogens with zero attached hydrogens (tertiary/aromatic N) is 1. The van der Waals surface area contributed by atoms with Gasteiger partial charge in [0.1, 0.15) is 12.2 Å². The smallest absolute Gasteiger partial charge is 0.438 e. The van der Waals surface area contributed by atoms with Crippen LogP contribution in [0, 0.1) is 5.92 Å². The van der Waals surface area contributed by atoms with Crippen LogP contribution in [0.25, 0.3) is 0 Å². The van der Waals surface area contributed by atoms with E-state index in [0.717, 1.165) is 0 Å². The Kier molecular flexibility index (Phi) is 8.18. The Balaban J connectivity index is 3.07. The molecule has 0 N–H and O–H groups in total. The highest BCUT2D eigenvalue weighted by Gasteiger charge is 2.54. The number of carbonyl (C=O) groups excluding carboxylic acids is 2. The van der Waals surface area contributed by atoms with Crippen molar-refractivity contribution in [3.8, 4) is 0 Å². The van der Waals surface area contributed by atoms with Gasteiger partial charge >= 0.3 is 17.9 Å². The Morgan fingerprint density at radius 1 is 1.15 bits per heavy atom. The molecule has 1 atom stereocenters. The average molecular weight is 385 g/mol. The Morgan fingerprint density at radius 2 is 1.74 bits per heavy atom. The lowest BCUT2D eigenvalue weighted by Crippen LogP contribution is -2.58. The van der Waals surface area contributed by atoms with Crippen LogP contribution in [0.15, 0.2) is 30.3 Å². The molecule has 0 heterocycles. The average Bonchev–Trinajstić information content (AvgIpc) is 2.58. The summed E-state index contributed by atoms with van der Waals surface area (Å²) in [5.41, 5.74) is -0.240. The maximum absolute atomic E-state index is 15.8. The Morgan fingerprint density at radius 3 is 2.22 bits per heavy atom. The first-order chi connectivity index (χ1) is 12.5. The first-order valence-corrected chi connectivity index (χ1v) is 8.57. The highest BCUT2D eigenvalue weighted by atomic mass is 19.1. The van der Waals surface area contributed by atoms with Crippen LogP contribution >= 0.6 is 0 Å². The van der Waals surface area contributed by atoms with E-state index in [4.69, 9.17) is 19.0 Å². The van der Waals surface area contributed by atoms with Gasteiger partial charge in [0.2, 0.25) is 0 Å². The second-order valence-corrected chi connectivity index (χ2v) is 7.20. The van der Waals surface area contributed by atoms with Gasteiger partial charge in [0.05, 0.1) is 0 Å². The number of amides is 1. The van der Waals surface area contributed by atoms with Gasteiger partial charge in [-0.1, -0.05) is 44.2 Å². The molecule has 0 unspecified atom stereocenters. The molecule has 1 aromatic rings. The van der Waals surface area contributed by atoms with Crippen molar-refractivity contribution in [3.63, 3.8) is 0 Å². The van der Waals surface area contributed by atoms with E-state index in [9.17, 15) is 9.59 Å². The summed E-state index contributed by atoms with van der Waals surface area (Å²) in [6.45, 7) is 7.09. The van der Waals surface area contributed by atoms with Crippen LogP contribution in [-0.4, -0.2) is 42.4 Å². The summed E-state index contributed by atoms with van der Waals surface area (Å²) in [5, 5.41) is 0.250. The van der Waals surface area contributed by atoms with Crippen LogP contribution < -0.4 is 0 Å². The number of esters is 1. The molecule has 27 heavy (non-hydrogen) atoms. The van der Waals surface area contributed by atoms with Crippen molar-refractivity contribution in [2.45, 2.75) is 52.6 Å². The monoisotopic (exact) mass is 385 g/mol. The molecule has 0 bridgehead atoms. The van der Waals surface area contributed by atoms with Gasteiger partial charge in [-0.25, -0.2) is 18.8 Å². The molecular formula is C19H28FNO6. The number of hydrogen-bond donors (Lipinski definition) is 0. The van der Waals surface area contributed by atoms with Gasteiger partial charge in [0, 0.05) is 13.0 Å². The van der Waals surface area contributed by atoms with Gasteiger partial charge < -0.3 is 14.2 Å². The quantitative estimate of drug-likeness (QED) is 0.293. The van der Waals surface area contributed by atoms with E-state index in [0.29, 0.717) is 5.56 Å². The van der Waals surface area contributed by atoms with Gasteiger partial charge in [-0.15, -0.1) is 5.06 Å². The minimum atomic E-state index is -2.91. The molecule has 0 saturated heterocycles. The fourth-order valence-corrected chi connectivity index (χ4v) is 2.07. The molecule has 7 nitrogen and oxygen atoms in total. The van der Waals surface area contributed by atoms with Crippen molar-refractivity contribution < 1.29 is 33.0 Å². The topological polar surface area (TPSA) is 74.3 Å². The zero-order valence-corrected chi connectivity index (χ0v) is 16.7. The molecule has 1 aromatic carbocycles. The SMILES string of the molecule is COCON(C(=O)OC(C)(C)C)[C@@](F)(C(=O)OCc1ccccc1)C(C)C. The third-order valence-corrected chi connectivity index (χ3v) is 3.42. The molecule has 0 spiro atoms. The highest BCUT2D eigenvalue weighted by molar-refractivity contribution is 5.84. The van der Waals surface area contributed by atoms with Crippen molar-refractivity contribution in [3.05, 3.63) is 35.9 Å². The van der Waals surface area contributed by atoms with Crippen LogP contribution in [0.4, 0.5) is 9.18 Å². The molecule has 0 radical (unpaired) electrons. The van der Waals surface area contributed by atoms with E-state index < -0.39 is 36.2 Å². The number of ether oxygens (including phenoxy) is 3. The Labute approximate surface area is 159 Å². The molecule has 0 aromatic heterocycles. The Hall–Kier alpha value is -2.19. The fourth-order valence-electron chi connectivity index (χ4n) is 2.07. The van der Waals surface area contributed by atoms with Gasteiger partial charge in [-0.05, 0) is 26.3 Å². The van der Waals surface area contributed by atoms with Crippen LogP contribution in [0.1, 0.15) is 40.2 Å². The van der Waals surface area contributed by atoms with Crippen molar-refractivity contribution in [1.82, 2.24) is 5.06 Å². The molecule has 0 fully saturated rings. The number of benzene rings is 1. The van der Waals surface area contributed by atoms with E-state index in [-0.39, 0.29) is 11.7 Å². The lowest BCUT2D eigenvalue weighted by atomic mass is 10.0. The maximum Gasteiger partial charge on any atom is 0.438 e. The Bertz CT molecular complexity index is 616. The van der Waals surface area contributed by atoms with Gasteiger partial charge in [-0.2, -0.15) is 0 Å². The van der Waals surface area contributed by atoms with Crippen molar-refractivity contribution in [1.29, 1.82) is 0 Å². The summed E-state index contributed by atoms with van der Waals surface area (Å²) in [6, 6.07) is 8.80. The predicted molar refractivity (Wildman–Crippen MR) is 95.9 cm³/mol. The van der Waals surface area contributed by atoms with Crippen molar-refractivity contribution >= 4 is 12.1 Å². The van der Waals surface area contributed by atoms with E-state index >= 15 is 4.39 Å². The van der Waals surface area contributed by atoms with E-state index in [1.54, 1.807) is 45.0 Å². The summed E-state index contributed by atoms with van der Waals surface area (Å²) in [5.74, 6) is -5.15. The lowest BCUT2D eigenvalue weighted by molar-refractivity contribution is -0.287. The number of hydrogen-bond acceptors (Lipinski definition) is 6. The molecule has 1 amide bonds. The molecule has 0 saturated carbocycles.